The summed E-state index contributed by atoms with van der Waals surface area (Å²) < 4.78 is 22.2. The van der Waals surface area contributed by atoms with Gasteiger partial charge in [-0.05, 0) is 54.3 Å². The molecule has 1 amide bonds. The third kappa shape index (κ3) is 5.37. The normalized spacial score (nSPS) is 14.5. The summed E-state index contributed by atoms with van der Waals surface area (Å²) in [5.41, 5.74) is 2.89. The molecule has 7 heteroatoms. The van der Waals surface area contributed by atoms with E-state index in [0.29, 0.717) is 24.6 Å². The molecule has 1 aromatic heterocycles. The Morgan fingerprint density at radius 1 is 1.06 bits per heavy atom. The van der Waals surface area contributed by atoms with E-state index in [-0.39, 0.29) is 12.0 Å². The third-order valence-corrected chi connectivity index (χ3v) is 6.57. The Hall–Kier alpha value is -3.45. The lowest BCUT2D eigenvalue weighted by Gasteiger charge is -2.21. The second-order valence-corrected chi connectivity index (χ2v) is 9.16. The first-order chi connectivity index (χ1) is 16.5. The predicted octanol–water partition coefficient (Wildman–Crippen LogP) is 5.34. The molecule has 0 aliphatic carbocycles. The second-order valence-electron chi connectivity index (χ2n) is 8.13. The Balaban J connectivity index is 1.58. The third-order valence-electron chi connectivity index (χ3n) is 5.71. The van der Waals surface area contributed by atoms with Gasteiger partial charge in [-0.25, -0.2) is 0 Å². The fourth-order valence-corrected chi connectivity index (χ4v) is 4.75. The van der Waals surface area contributed by atoms with Gasteiger partial charge in [-0.2, -0.15) is 0 Å². The molecule has 34 heavy (non-hydrogen) atoms. The van der Waals surface area contributed by atoms with E-state index in [9.17, 15) is 4.79 Å². The Bertz CT molecular complexity index is 1170. The zero-order valence-electron chi connectivity index (χ0n) is 19.9. The predicted molar refractivity (Wildman–Crippen MR) is 134 cm³/mol. The van der Waals surface area contributed by atoms with E-state index < -0.39 is 0 Å². The van der Waals surface area contributed by atoms with Crippen LogP contribution in [0.2, 0.25) is 0 Å². The summed E-state index contributed by atoms with van der Waals surface area (Å²) in [6.45, 7) is 2.99. The number of rotatable bonds is 9. The maximum absolute atomic E-state index is 13.3. The van der Waals surface area contributed by atoms with Crippen molar-refractivity contribution in [1.82, 2.24) is 4.90 Å². The van der Waals surface area contributed by atoms with Crippen molar-refractivity contribution in [3.05, 3.63) is 75.5 Å². The number of carbonyl (C=O) groups excluding carboxylic acids is 1. The first kappa shape index (κ1) is 23.7. The topological polar surface area (TPSA) is 57.2 Å². The smallest absolute Gasteiger partial charge is 0.247 e. The van der Waals surface area contributed by atoms with Gasteiger partial charge in [0.05, 0.1) is 27.9 Å². The maximum atomic E-state index is 13.3. The van der Waals surface area contributed by atoms with Gasteiger partial charge in [-0.15, -0.1) is 11.3 Å². The standard InChI is InChI=1S/C27H29NO5S/c1-18-12-21-15-24(31-3)20(14-25(21)33-18)8-10-27(29)28(17-22-6-5-11-34-22)16-19-7-9-23(30-2)26(13-19)32-4/h5-11,13-15,18H,12,16-17H2,1-4H3/b10-8+. The number of carbonyl (C=O) groups is 1. The molecule has 3 aromatic rings. The SMILES string of the molecule is COc1cc2c(cc1/C=C/C(=O)N(Cc1ccc(OC)c(OC)c1)Cc1cccs1)OC(C)C2. The minimum atomic E-state index is -0.0972. The number of nitrogens with zero attached hydrogens (tertiary/aromatic N) is 1. The van der Waals surface area contributed by atoms with E-state index >= 15 is 0 Å². The van der Waals surface area contributed by atoms with Crippen LogP contribution >= 0.6 is 11.3 Å². The first-order valence-corrected chi connectivity index (χ1v) is 12.0. The van der Waals surface area contributed by atoms with Crippen molar-refractivity contribution in [2.24, 2.45) is 0 Å². The molecular weight excluding hydrogens is 450 g/mol. The van der Waals surface area contributed by atoms with Gasteiger partial charge in [0.2, 0.25) is 5.91 Å². The molecule has 0 spiro atoms. The lowest BCUT2D eigenvalue weighted by Crippen LogP contribution is -2.28. The van der Waals surface area contributed by atoms with Gasteiger partial charge < -0.3 is 23.8 Å². The minimum Gasteiger partial charge on any atom is -0.496 e. The zero-order chi connectivity index (χ0) is 24.1. The molecule has 0 radical (unpaired) electrons. The largest absolute Gasteiger partial charge is 0.496 e. The molecule has 178 valence electrons. The van der Waals surface area contributed by atoms with Crippen LogP contribution in [0.25, 0.3) is 6.08 Å². The molecule has 2 heterocycles. The van der Waals surface area contributed by atoms with Crippen LogP contribution in [-0.2, 0) is 24.3 Å². The van der Waals surface area contributed by atoms with Gasteiger partial charge >= 0.3 is 0 Å². The van der Waals surface area contributed by atoms with Gasteiger partial charge in [0.25, 0.3) is 0 Å². The number of ether oxygens (including phenoxy) is 4. The highest BCUT2D eigenvalue weighted by Gasteiger charge is 2.21. The molecule has 0 saturated carbocycles. The molecule has 6 nitrogen and oxygen atoms in total. The summed E-state index contributed by atoms with van der Waals surface area (Å²) in [6, 6.07) is 13.7. The summed E-state index contributed by atoms with van der Waals surface area (Å²) in [4.78, 5) is 16.2. The summed E-state index contributed by atoms with van der Waals surface area (Å²) in [7, 11) is 4.85. The molecule has 1 aliphatic rings. The summed E-state index contributed by atoms with van der Waals surface area (Å²) in [5.74, 6) is 2.77. The maximum Gasteiger partial charge on any atom is 0.247 e. The molecule has 0 fully saturated rings. The van der Waals surface area contributed by atoms with Crippen LogP contribution in [0.15, 0.2) is 53.9 Å². The van der Waals surface area contributed by atoms with E-state index in [1.54, 1.807) is 44.8 Å². The first-order valence-electron chi connectivity index (χ1n) is 11.1. The molecule has 4 rings (SSSR count). The van der Waals surface area contributed by atoms with E-state index in [1.807, 2.05) is 59.7 Å². The van der Waals surface area contributed by atoms with Crippen molar-refractivity contribution in [2.75, 3.05) is 21.3 Å². The monoisotopic (exact) mass is 479 g/mol. The van der Waals surface area contributed by atoms with Gasteiger partial charge in [0.1, 0.15) is 17.6 Å². The van der Waals surface area contributed by atoms with E-state index in [4.69, 9.17) is 18.9 Å². The Labute approximate surface area is 204 Å². The van der Waals surface area contributed by atoms with E-state index in [0.717, 1.165) is 39.5 Å². The van der Waals surface area contributed by atoms with Crippen molar-refractivity contribution in [2.45, 2.75) is 32.5 Å². The van der Waals surface area contributed by atoms with Crippen molar-refractivity contribution in [3.63, 3.8) is 0 Å². The van der Waals surface area contributed by atoms with Crippen LogP contribution in [0.3, 0.4) is 0 Å². The van der Waals surface area contributed by atoms with Crippen LogP contribution in [0.4, 0.5) is 0 Å². The lowest BCUT2D eigenvalue weighted by molar-refractivity contribution is -0.127. The van der Waals surface area contributed by atoms with Gasteiger partial charge in [0.15, 0.2) is 11.5 Å². The molecule has 2 aromatic carbocycles. The number of hydrogen-bond acceptors (Lipinski definition) is 6. The van der Waals surface area contributed by atoms with Crippen LogP contribution < -0.4 is 18.9 Å². The Kier molecular flexibility index (Phi) is 7.43. The van der Waals surface area contributed by atoms with Gasteiger partial charge in [-0.3, -0.25) is 4.79 Å². The minimum absolute atomic E-state index is 0.0972. The average molecular weight is 480 g/mol. The van der Waals surface area contributed by atoms with Crippen molar-refractivity contribution >= 4 is 23.3 Å². The Morgan fingerprint density at radius 2 is 1.85 bits per heavy atom. The highest BCUT2D eigenvalue weighted by atomic mass is 32.1. The molecule has 0 saturated heterocycles. The number of benzene rings is 2. The number of fused-ring (bicyclic) bond motifs is 1. The highest BCUT2D eigenvalue weighted by molar-refractivity contribution is 7.09. The van der Waals surface area contributed by atoms with E-state index in [2.05, 4.69) is 0 Å². The van der Waals surface area contributed by atoms with Crippen molar-refractivity contribution < 1.29 is 23.7 Å². The highest BCUT2D eigenvalue weighted by Crippen LogP contribution is 2.35. The second kappa shape index (κ2) is 10.7. The van der Waals surface area contributed by atoms with E-state index in [1.165, 1.54) is 0 Å². The van der Waals surface area contributed by atoms with Crippen LogP contribution in [0.1, 0.15) is 28.5 Å². The van der Waals surface area contributed by atoms with Gasteiger partial charge in [-0.1, -0.05) is 12.1 Å². The number of amides is 1. The molecule has 1 atom stereocenters. The molecule has 0 bridgehead atoms. The van der Waals surface area contributed by atoms with Crippen molar-refractivity contribution in [3.8, 4) is 23.0 Å². The van der Waals surface area contributed by atoms with Crippen LogP contribution in [-0.4, -0.2) is 38.2 Å². The summed E-state index contributed by atoms with van der Waals surface area (Å²) >= 11 is 1.63. The Morgan fingerprint density at radius 3 is 2.56 bits per heavy atom. The zero-order valence-corrected chi connectivity index (χ0v) is 20.7. The molecule has 0 N–H and O–H groups in total. The number of thiophene rings is 1. The lowest BCUT2D eigenvalue weighted by atomic mass is 10.1. The fourth-order valence-electron chi connectivity index (χ4n) is 4.03. The number of methoxy groups -OCH3 is 3. The van der Waals surface area contributed by atoms with Crippen LogP contribution in [0.5, 0.6) is 23.0 Å². The summed E-state index contributed by atoms with van der Waals surface area (Å²) in [5, 5.41) is 2.01. The molecular formula is C27H29NO5S. The van der Waals surface area contributed by atoms with Gasteiger partial charge in [0, 0.05) is 35.0 Å². The summed E-state index contributed by atoms with van der Waals surface area (Å²) in [6.07, 6.45) is 4.39. The molecule has 1 aliphatic heterocycles. The quantitative estimate of drug-likeness (QED) is 0.388. The fraction of sp³-hybridized carbons (Fsp3) is 0.296. The average Bonchev–Trinajstić information content (AvgIpc) is 3.49. The molecule has 1 unspecified atom stereocenters. The van der Waals surface area contributed by atoms with Crippen molar-refractivity contribution in [1.29, 1.82) is 0 Å². The number of hydrogen-bond donors (Lipinski definition) is 0. The van der Waals surface area contributed by atoms with Crippen LogP contribution in [0, 0.1) is 0 Å².